The molecular formula is C19H26N4OS. The standard InChI is InChI=1S/C19H26N4OS/c1-3-22-17(13-16-10-5-4-6-11-16)20-21-19(22)25-14-18(24)23-12-8-7-9-15(23)2/h4-6,10-11,15H,3,7-9,12-14H2,1-2H3. The lowest BCUT2D eigenvalue weighted by atomic mass is 10.0. The minimum absolute atomic E-state index is 0.215. The number of hydrogen-bond acceptors (Lipinski definition) is 4. The minimum Gasteiger partial charge on any atom is -0.339 e. The number of carbonyl (C=O) groups is 1. The molecule has 5 nitrogen and oxygen atoms in total. The Morgan fingerprint density at radius 3 is 2.76 bits per heavy atom. The van der Waals surface area contributed by atoms with Gasteiger partial charge in [0.25, 0.3) is 0 Å². The summed E-state index contributed by atoms with van der Waals surface area (Å²) in [5, 5.41) is 9.52. The van der Waals surface area contributed by atoms with Crippen molar-refractivity contribution >= 4 is 17.7 Å². The molecule has 1 unspecified atom stereocenters. The van der Waals surface area contributed by atoms with Crippen LogP contribution in [0.5, 0.6) is 0 Å². The molecule has 0 saturated carbocycles. The van der Waals surface area contributed by atoms with Gasteiger partial charge in [0.15, 0.2) is 5.16 Å². The van der Waals surface area contributed by atoms with Crippen LogP contribution < -0.4 is 0 Å². The number of carbonyl (C=O) groups excluding carboxylic acids is 1. The second-order valence-corrected chi connectivity index (χ2v) is 7.47. The zero-order valence-corrected chi connectivity index (χ0v) is 15.8. The van der Waals surface area contributed by atoms with Crippen molar-refractivity contribution in [1.29, 1.82) is 0 Å². The lowest BCUT2D eigenvalue weighted by Gasteiger charge is -2.33. The summed E-state index contributed by atoms with van der Waals surface area (Å²) in [5.74, 6) is 1.61. The molecule has 1 fully saturated rings. The molecule has 0 N–H and O–H groups in total. The van der Waals surface area contributed by atoms with E-state index in [9.17, 15) is 4.79 Å². The Bertz CT molecular complexity index is 701. The van der Waals surface area contributed by atoms with E-state index in [1.54, 1.807) is 0 Å². The minimum atomic E-state index is 0.215. The highest BCUT2D eigenvalue weighted by molar-refractivity contribution is 7.99. The number of piperidine rings is 1. The summed E-state index contributed by atoms with van der Waals surface area (Å²) in [6.45, 7) is 5.94. The highest BCUT2D eigenvalue weighted by Gasteiger charge is 2.23. The van der Waals surface area contributed by atoms with E-state index in [0.717, 1.165) is 43.3 Å². The van der Waals surface area contributed by atoms with Gasteiger partial charge in [-0.25, -0.2) is 0 Å². The average molecular weight is 359 g/mol. The van der Waals surface area contributed by atoms with Crippen LogP contribution in [0.25, 0.3) is 0 Å². The van der Waals surface area contributed by atoms with Crippen molar-refractivity contribution in [2.45, 2.75) is 57.3 Å². The van der Waals surface area contributed by atoms with Gasteiger partial charge < -0.3 is 9.47 Å². The summed E-state index contributed by atoms with van der Waals surface area (Å²) in [4.78, 5) is 14.5. The quantitative estimate of drug-likeness (QED) is 0.743. The first-order valence-corrected chi connectivity index (χ1v) is 10.1. The fraction of sp³-hybridized carbons (Fsp3) is 0.526. The lowest BCUT2D eigenvalue weighted by Crippen LogP contribution is -2.43. The normalized spacial score (nSPS) is 17.7. The first-order chi connectivity index (χ1) is 12.2. The smallest absolute Gasteiger partial charge is 0.233 e. The molecular weight excluding hydrogens is 332 g/mol. The number of nitrogens with zero attached hydrogens (tertiary/aromatic N) is 4. The van der Waals surface area contributed by atoms with E-state index in [-0.39, 0.29) is 5.91 Å². The van der Waals surface area contributed by atoms with Gasteiger partial charge in [0, 0.05) is 25.6 Å². The molecule has 6 heteroatoms. The van der Waals surface area contributed by atoms with Gasteiger partial charge in [-0.15, -0.1) is 10.2 Å². The van der Waals surface area contributed by atoms with Crippen molar-refractivity contribution in [3.8, 4) is 0 Å². The molecule has 0 bridgehead atoms. The number of benzene rings is 1. The fourth-order valence-electron chi connectivity index (χ4n) is 3.33. The van der Waals surface area contributed by atoms with Gasteiger partial charge in [-0.2, -0.15) is 0 Å². The first kappa shape index (κ1) is 18.0. The Labute approximate surface area is 153 Å². The third-order valence-electron chi connectivity index (χ3n) is 4.76. The molecule has 1 amide bonds. The summed E-state index contributed by atoms with van der Waals surface area (Å²) >= 11 is 1.50. The molecule has 1 saturated heterocycles. The number of likely N-dealkylation sites (tertiary alicyclic amines) is 1. The van der Waals surface area contributed by atoms with E-state index in [1.807, 2.05) is 23.1 Å². The summed E-state index contributed by atoms with van der Waals surface area (Å²) < 4.78 is 2.12. The maximum Gasteiger partial charge on any atom is 0.233 e. The molecule has 0 spiro atoms. The molecule has 134 valence electrons. The summed E-state index contributed by atoms with van der Waals surface area (Å²) in [6.07, 6.45) is 4.22. The van der Waals surface area contributed by atoms with Gasteiger partial charge in [-0.05, 0) is 38.7 Å². The van der Waals surface area contributed by atoms with Gasteiger partial charge in [-0.1, -0.05) is 42.1 Å². The number of aromatic nitrogens is 3. The van der Waals surface area contributed by atoms with Crippen LogP contribution in [0, 0.1) is 0 Å². The number of amides is 1. The van der Waals surface area contributed by atoms with E-state index in [0.29, 0.717) is 11.8 Å². The van der Waals surface area contributed by atoms with Crippen molar-refractivity contribution in [1.82, 2.24) is 19.7 Å². The van der Waals surface area contributed by atoms with Crippen LogP contribution in [-0.4, -0.2) is 43.9 Å². The van der Waals surface area contributed by atoms with Crippen molar-refractivity contribution < 1.29 is 4.79 Å². The monoisotopic (exact) mass is 358 g/mol. The predicted molar refractivity (Wildman–Crippen MR) is 101 cm³/mol. The molecule has 0 aliphatic carbocycles. The molecule has 1 aliphatic rings. The van der Waals surface area contributed by atoms with Crippen molar-refractivity contribution in [2.75, 3.05) is 12.3 Å². The van der Waals surface area contributed by atoms with Crippen molar-refractivity contribution in [3.63, 3.8) is 0 Å². The second-order valence-electron chi connectivity index (χ2n) is 6.53. The molecule has 1 atom stereocenters. The molecule has 1 aromatic heterocycles. The Morgan fingerprint density at radius 1 is 1.24 bits per heavy atom. The SMILES string of the molecule is CCn1c(Cc2ccccc2)nnc1SCC(=O)N1CCCCC1C. The van der Waals surface area contributed by atoms with Crippen LogP contribution in [0.4, 0.5) is 0 Å². The predicted octanol–water partition coefficient (Wildman–Crippen LogP) is 3.38. The zero-order chi connectivity index (χ0) is 17.6. The number of hydrogen-bond donors (Lipinski definition) is 0. The third-order valence-corrected chi connectivity index (χ3v) is 5.71. The summed E-state index contributed by atoms with van der Waals surface area (Å²) in [6, 6.07) is 10.7. The van der Waals surface area contributed by atoms with Crippen LogP contribution >= 0.6 is 11.8 Å². The van der Waals surface area contributed by atoms with Crippen molar-refractivity contribution in [3.05, 3.63) is 41.7 Å². The van der Waals surface area contributed by atoms with Crippen molar-refractivity contribution in [2.24, 2.45) is 0 Å². The number of thioether (sulfide) groups is 1. The Hall–Kier alpha value is -1.82. The van der Waals surface area contributed by atoms with E-state index in [1.165, 1.54) is 23.7 Å². The second kappa shape index (κ2) is 8.52. The number of rotatable bonds is 6. The van der Waals surface area contributed by atoms with E-state index in [2.05, 4.69) is 40.7 Å². The molecule has 2 heterocycles. The van der Waals surface area contributed by atoms with Crippen LogP contribution in [0.15, 0.2) is 35.5 Å². The van der Waals surface area contributed by atoms with Gasteiger partial charge in [0.05, 0.1) is 5.75 Å². The lowest BCUT2D eigenvalue weighted by molar-refractivity contribution is -0.131. The molecule has 0 radical (unpaired) electrons. The maximum atomic E-state index is 12.5. The Balaban J connectivity index is 1.63. The van der Waals surface area contributed by atoms with E-state index in [4.69, 9.17) is 0 Å². The van der Waals surface area contributed by atoms with Crippen LogP contribution in [0.1, 0.15) is 44.5 Å². The molecule has 25 heavy (non-hydrogen) atoms. The maximum absolute atomic E-state index is 12.5. The summed E-state index contributed by atoms with van der Waals surface area (Å²) in [7, 11) is 0. The fourth-order valence-corrected chi connectivity index (χ4v) is 4.24. The largest absolute Gasteiger partial charge is 0.339 e. The third kappa shape index (κ3) is 4.42. The van der Waals surface area contributed by atoms with Gasteiger partial charge >= 0.3 is 0 Å². The Morgan fingerprint density at radius 2 is 2.04 bits per heavy atom. The van der Waals surface area contributed by atoms with Crippen LogP contribution in [-0.2, 0) is 17.8 Å². The topological polar surface area (TPSA) is 51.0 Å². The van der Waals surface area contributed by atoms with Gasteiger partial charge in [0.1, 0.15) is 5.82 Å². The highest BCUT2D eigenvalue weighted by Crippen LogP contribution is 2.22. The Kier molecular flexibility index (Phi) is 6.13. The van der Waals surface area contributed by atoms with Crippen LogP contribution in [0.2, 0.25) is 0 Å². The molecule has 1 aromatic carbocycles. The first-order valence-electron chi connectivity index (χ1n) is 9.07. The highest BCUT2D eigenvalue weighted by atomic mass is 32.2. The molecule has 2 aromatic rings. The molecule has 1 aliphatic heterocycles. The molecule has 3 rings (SSSR count). The van der Waals surface area contributed by atoms with Crippen LogP contribution in [0.3, 0.4) is 0 Å². The zero-order valence-electron chi connectivity index (χ0n) is 15.0. The van der Waals surface area contributed by atoms with Gasteiger partial charge in [-0.3, -0.25) is 4.79 Å². The van der Waals surface area contributed by atoms with E-state index < -0.39 is 0 Å². The van der Waals surface area contributed by atoms with E-state index >= 15 is 0 Å². The van der Waals surface area contributed by atoms with Gasteiger partial charge in [0.2, 0.25) is 5.91 Å². The average Bonchev–Trinajstić information content (AvgIpc) is 3.02. The summed E-state index contributed by atoms with van der Waals surface area (Å²) in [5.41, 5.74) is 1.22.